The number of hydrogen-bond acceptors (Lipinski definition) is 2. The van der Waals surface area contributed by atoms with Gasteiger partial charge in [-0.3, -0.25) is 4.79 Å². The molecule has 0 aromatic heterocycles. The Morgan fingerprint density at radius 3 is 2.81 bits per heavy atom. The molecule has 21 heavy (non-hydrogen) atoms. The molecule has 1 atom stereocenters. The van der Waals surface area contributed by atoms with Crippen molar-refractivity contribution in [2.45, 2.75) is 19.4 Å². The van der Waals surface area contributed by atoms with Gasteiger partial charge in [-0.15, -0.1) is 0 Å². The van der Waals surface area contributed by atoms with Gasteiger partial charge in [-0.25, -0.2) is 0 Å². The second kappa shape index (κ2) is 5.62. The molecule has 4 heteroatoms. The Kier molecular flexibility index (Phi) is 3.83. The number of carbonyl (C=O) groups is 1. The van der Waals surface area contributed by atoms with Crippen molar-refractivity contribution in [2.24, 2.45) is 5.73 Å². The van der Waals surface area contributed by atoms with Crippen LogP contribution in [0, 0.1) is 6.92 Å². The molecule has 1 aliphatic heterocycles. The molecule has 0 radical (unpaired) electrons. The first kappa shape index (κ1) is 14.3. The summed E-state index contributed by atoms with van der Waals surface area (Å²) in [6.07, 6.45) is 0.883. The van der Waals surface area contributed by atoms with E-state index in [-0.39, 0.29) is 11.9 Å². The summed E-state index contributed by atoms with van der Waals surface area (Å²) >= 11 is 3.47. The molecule has 2 aromatic rings. The first-order valence-electron chi connectivity index (χ1n) is 6.99. The van der Waals surface area contributed by atoms with Crippen LogP contribution in [-0.2, 0) is 6.42 Å². The number of fused-ring (bicyclic) bond motifs is 1. The normalized spacial score (nSPS) is 15.3. The maximum absolute atomic E-state index is 12.0. The molecule has 1 aliphatic rings. The van der Waals surface area contributed by atoms with Crippen LogP contribution in [0.5, 0.6) is 0 Å². The standard InChI is InChI=1S/C17H17BrN2O/c1-10-8-13(18)4-5-14(10)16(19)12-3-2-11-6-7-20-17(21)15(11)9-12/h2-5,8-9,16H,6-7,19H2,1H3,(H,20,21). The molecular formula is C17H17BrN2O. The molecule has 0 aliphatic carbocycles. The highest BCUT2D eigenvalue weighted by atomic mass is 79.9. The van der Waals surface area contributed by atoms with Gasteiger partial charge in [0.15, 0.2) is 0 Å². The number of halogens is 1. The van der Waals surface area contributed by atoms with Gasteiger partial charge in [0.25, 0.3) is 5.91 Å². The summed E-state index contributed by atoms with van der Waals surface area (Å²) in [4.78, 5) is 12.0. The van der Waals surface area contributed by atoms with Crippen LogP contribution in [0.2, 0.25) is 0 Å². The van der Waals surface area contributed by atoms with E-state index in [1.165, 1.54) is 0 Å². The Bertz CT molecular complexity index is 712. The lowest BCUT2D eigenvalue weighted by molar-refractivity contribution is 0.0946. The van der Waals surface area contributed by atoms with Crippen LogP contribution in [-0.4, -0.2) is 12.5 Å². The van der Waals surface area contributed by atoms with Crippen LogP contribution in [0.4, 0.5) is 0 Å². The highest BCUT2D eigenvalue weighted by molar-refractivity contribution is 9.10. The van der Waals surface area contributed by atoms with Gasteiger partial charge in [0.05, 0.1) is 6.04 Å². The number of nitrogens with two attached hydrogens (primary N) is 1. The third kappa shape index (κ3) is 2.74. The SMILES string of the molecule is Cc1cc(Br)ccc1C(N)c1ccc2c(c1)C(=O)NCC2. The van der Waals surface area contributed by atoms with Gasteiger partial charge < -0.3 is 11.1 Å². The van der Waals surface area contributed by atoms with Crippen molar-refractivity contribution < 1.29 is 4.79 Å². The maximum atomic E-state index is 12.0. The first-order valence-corrected chi connectivity index (χ1v) is 7.78. The van der Waals surface area contributed by atoms with Crippen molar-refractivity contribution in [1.29, 1.82) is 0 Å². The van der Waals surface area contributed by atoms with E-state index in [4.69, 9.17) is 5.73 Å². The fraction of sp³-hybridized carbons (Fsp3) is 0.235. The van der Waals surface area contributed by atoms with Gasteiger partial charge in [-0.1, -0.05) is 34.1 Å². The summed E-state index contributed by atoms with van der Waals surface area (Å²) in [6.45, 7) is 2.76. The van der Waals surface area contributed by atoms with Crippen molar-refractivity contribution in [3.05, 3.63) is 68.7 Å². The Balaban J connectivity index is 2.00. The van der Waals surface area contributed by atoms with Crippen molar-refractivity contribution in [3.63, 3.8) is 0 Å². The highest BCUT2D eigenvalue weighted by Gasteiger charge is 2.19. The largest absolute Gasteiger partial charge is 0.352 e. The molecule has 2 aromatic carbocycles. The average molecular weight is 345 g/mol. The molecule has 108 valence electrons. The van der Waals surface area contributed by atoms with Crippen LogP contribution in [0.1, 0.15) is 38.7 Å². The van der Waals surface area contributed by atoms with Crippen LogP contribution >= 0.6 is 15.9 Å². The van der Waals surface area contributed by atoms with E-state index in [2.05, 4.69) is 27.3 Å². The number of amides is 1. The molecule has 0 saturated carbocycles. The Labute approximate surface area is 132 Å². The van der Waals surface area contributed by atoms with Crippen LogP contribution < -0.4 is 11.1 Å². The Hall–Kier alpha value is -1.65. The second-order valence-corrected chi connectivity index (χ2v) is 6.32. The summed E-state index contributed by atoms with van der Waals surface area (Å²) in [6, 6.07) is 11.8. The third-order valence-corrected chi connectivity index (χ3v) is 4.48. The fourth-order valence-corrected chi connectivity index (χ4v) is 3.27. The molecule has 3 rings (SSSR count). The van der Waals surface area contributed by atoms with Crippen molar-refractivity contribution in [2.75, 3.05) is 6.54 Å². The van der Waals surface area contributed by atoms with E-state index in [9.17, 15) is 4.79 Å². The number of aryl methyl sites for hydroxylation is 1. The molecule has 3 nitrogen and oxygen atoms in total. The van der Waals surface area contributed by atoms with Gasteiger partial charge in [0.1, 0.15) is 0 Å². The van der Waals surface area contributed by atoms with E-state index < -0.39 is 0 Å². The zero-order valence-corrected chi connectivity index (χ0v) is 13.4. The number of carbonyl (C=O) groups excluding carboxylic acids is 1. The van der Waals surface area contributed by atoms with Crippen molar-refractivity contribution in [3.8, 4) is 0 Å². The van der Waals surface area contributed by atoms with Crippen LogP contribution in [0.15, 0.2) is 40.9 Å². The molecule has 1 unspecified atom stereocenters. The number of hydrogen-bond donors (Lipinski definition) is 2. The molecule has 0 spiro atoms. The smallest absolute Gasteiger partial charge is 0.251 e. The first-order chi connectivity index (χ1) is 10.1. The number of nitrogens with one attached hydrogen (secondary N) is 1. The maximum Gasteiger partial charge on any atom is 0.251 e. The van der Waals surface area contributed by atoms with Crippen molar-refractivity contribution >= 4 is 21.8 Å². The molecule has 0 fully saturated rings. The summed E-state index contributed by atoms with van der Waals surface area (Å²) in [5.74, 6) is -0.00201. The summed E-state index contributed by atoms with van der Waals surface area (Å²) in [7, 11) is 0. The Morgan fingerprint density at radius 2 is 2.05 bits per heavy atom. The second-order valence-electron chi connectivity index (χ2n) is 5.40. The lowest BCUT2D eigenvalue weighted by Gasteiger charge is -2.20. The van der Waals surface area contributed by atoms with Crippen LogP contribution in [0.3, 0.4) is 0 Å². The van der Waals surface area contributed by atoms with E-state index in [0.717, 1.165) is 38.7 Å². The van der Waals surface area contributed by atoms with E-state index in [1.54, 1.807) is 0 Å². The van der Waals surface area contributed by atoms with E-state index in [1.807, 2.05) is 37.3 Å². The number of rotatable bonds is 2. The minimum Gasteiger partial charge on any atom is -0.352 e. The monoisotopic (exact) mass is 344 g/mol. The zero-order chi connectivity index (χ0) is 15.0. The molecule has 1 heterocycles. The number of benzene rings is 2. The zero-order valence-electron chi connectivity index (χ0n) is 11.8. The predicted octanol–water partition coefficient (Wildman–Crippen LogP) is 3.09. The minimum absolute atomic E-state index is 0.00201. The Morgan fingerprint density at radius 1 is 1.24 bits per heavy atom. The summed E-state index contributed by atoms with van der Waals surface area (Å²) < 4.78 is 1.04. The molecule has 0 bridgehead atoms. The van der Waals surface area contributed by atoms with Gasteiger partial charge in [0, 0.05) is 16.6 Å². The average Bonchev–Trinajstić information content (AvgIpc) is 2.47. The van der Waals surface area contributed by atoms with Crippen molar-refractivity contribution in [1.82, 2.24) is 5.32 Å². The molecule has 1 amide bonds. The molecule has 3 N–H and O–H groups in total. The van der Waals surface area contributed by atoms with Gasteiger partial charge in [0.2, 0.25) is 0 Å². The quantitative estimate of drug-likeness (QED) is 0.879. The van der Waals surface area contributed by atoms with Gasteiger partial charge >= 0.3 is 0 Å². The highest BCUT2D eigenvalue weighted by Crippen LogP contribution is 2.27. The van der Waals surface area contributed by atoms with E-state index in [0.29, 0.717) is 6.54 Å². The fourth-order valence-electron chi connectivity index (χ4n) is 2.79. The molecule has 0 saturated heterocycles. The summed E-state index contributed by atoms with van der Waals surface area (Å²) in [5.41, 5.74) is 11.4. The summed E-state index contributed by atoms with van der Waals surface area (Å²) in [5, 5.41) is 2.88. The van der Waals surface area contributed by atoms with E-state index >= 15 is 0 Å². The van der Waals surface area contributed by atoms with Gasteiger partial charge in [-0.2, -0.15) is 0 Å². The van der Waals surface area contributed by atoms with Gasteiger partial charge in [-0.05, 0) is 53.8 Å². The topological polar surface area (TPSA) is 55.1 Å². The predicted molar refractivity (Wildman–Crippen MR) is 87.4 cm³/mol. The lowest BCUT2D eigenvalue weighted by Crippen LogP contribution is -2.32. The van der Waals surface area contributed by atoms with Crippen LogP contribution in [0.25, 0.3) is 0 Å². The minimum atomic E-state index is -0.224. The lowest BCUT2D eigenvalue weighted by atomic mass is 9.91. The third-order valence-electron chi connectivity index (χ3n) is 3.98. The molecular weight excluding hydrogens is 328 g/mol.